The van der Waals surface area contributed by atoms with Gasteiger partial charge >= 0.3 is 6.03 Å². The number of guanidine groups is 1. The van der Waals surface area contributed by atoms with Gasteiger partial charge in [0.15, 0.2) is 5.96 Å². The number of halogens is 1. The van der Waals surface area contributed by atoms with Crippen LogP contribution in [-0.4, -0.2) is 64.8 Å². The number of piperidine rings is 1. The number of hydrogen-bond acceptors (Lipinski definition) is 4. The molecule has 0 aromatic carbocycles. The maximum atomic E-state index is 12.1. The molecule has 3 heterocycles. The molecule has 1 atom stereocenters. The van der Waals surface area contributed by atoms with Gasteiger partial charge in [0.25, 0.3) is 5.91 Å². The van der Waals surface area contributed by atoms with Gasteiger partial charge in [-0.3, -0.25) is 19.8 Å². The zero-order valence-corrected chi connectivity index (χ0v) is 17.4. The maximum absolute atomic E-state index is 12.1. The average molecular weight is 475 g/mol. The molecule has 1 aromatic heterocycles. The van der Waals surface area contributed by atoms with E-state index in [-0.39, 0.29) is 35.8 Å². The second-order valence-corrected chi connectivity index (χ2v) is 6.62. The first kappa shape index (κ1) is 20.5. The summed E-state index contributed by atoms with van der Waals surface area (Å²) in [6.45, 7) is 4.91. The molecule has 2 saturated heterocycles. The third-order valence-corrected chi connectivity index (χ3v) is 5.08. The number of imide groups is 1. The highest BCUT2D eigenvalue weighted by molar-refractivity contribution is 14.0. The van der Waals surface area contributed by atoms with Crippen LogP contribution in [0.4, 0.5) is 4.79 Å². The van der Waals surface area contributed by atoms with Gasteiger partial charge in [-0.25, -0.2) is 4.79 Å². The smallest absolute Gasteiger partial charge is 0.322 e. The van der Waals surface area contributed by atoms with Crippen LogP contribution in [0.15, 0.2) is 23.5 Å². The van der Waals surface area contributed by atoms with E-state index < -0.39 is 11.6 Å². The number of likely N-dealkylation sites (tertiary alicyclic amines) is 1. The fourth-order valence-corrected chi connectivity index (χ4v) is 3.56. The standard InChI is InChI=1S/C16H25N7O2.HI/c1-16(13(24)20-15(25)21-16)12-4-9-22(10-5-12)14(17-2)18-7-11-23-8-3-6-19-23;/h3,6,8,12H,4-5,7,9-11H2,1-2H3,(H,17,18)(H2,20,21,24,25);1H. The zero-order chi connectivity index (χ0) is 17.9. The minimum Gasteiger partial charge on any atom is -0.354 e. The first-order valence-electron chi connectivity index (χ1n) is 8.59. The van der Waals surface area contributed by atoms with Gasteiger partial charge in [0, 0.05) is 39.1 Å². The molecular formula is C16H26IN7O2. The SMILES string of the molecule is CN=C(NCCn1cccn1)N1CCC(C2(C)NC(=O)NC2=O)CC1.I. The highest BCUT2D eigenvalue weighted by atomic mass is 127. The Kier molecular flexibility index (Phi) is 6.84. The number of aliphatic imine (C=N–C) groups is 1. The van der Waals surface area contributed by atoms with Crippen molar-refractivity contribution < 1.29 is 9.59 Å². The lowest BCUT2D eigenvalue weighted by Gasteiger charge is -2.39. The summed E-state index contributed by atoms with van der Waals surface area (Å²) in [5.41, 5.74) is -0.805. The summed E-state index contributed by atoms with van der Waals surface area (Å²) >= 11 is 0. The van der Waals surface area contributed by atoms with E-state index in [4.69, 9.17) is 0 Å². The van der Waals surface area contributed by atoms with Gasteiger partial charge in [0.1, 0.15) is 5.54 Å². The topological polar surface area (TPSA) is 104 Å². The molecule has 2 fully saturated rings. The second kappa shape index (κ2) is 8.69. The van der Waals surface area contributed by atoms with Gasteiger partial charge in [-0.2, -0.15) is 5.10 Å². The van der Waals surface area contributed by atoms with Crippen LogP contribution in [0.1, 0.15) is 19.8 Å². The number of nitrogens with one attached hydrogen (secondary N) is 3. The molecule has 26 heavy (non-hydrogen) atoms. The molecule has 0 radical (unpaired) electrons. The van der Waals surface area contributed by atoms with Crippen LogP contribution in [0.25, 0.3) is 0 Å². The first-order valence-corrected chi connectivity index (χ1v) is 8.59. The van der Waals surface area contributed by atoms with E-state index in [2.05, 4.69) is 30.9 Å². The Balaban J connectivity index is 0.00000243. The van der Waals surface area contributed by atoms with E-state index in [9.17, 15) is 9.59 Å². The van der Waals surface area contributed by atoms with Crippen molar-refractivity contribution in [3.8, 4) is 0 Å². The molecular weight excluding hydrogens is 449 g/mol. The van der Waals surface area contributed by atoms with E-state index in [1.807, 2.05) is 23.9 Å². The highest BCUT2D eigenvalue weighted by Gasteiger charge is 2.48. The fourth-order valence-electron chi connectivity index (χ4n) is 3.56. The van der Waals surface area contributed by atoms with E-state index in [1.165, 1.54) is 0 Å². The highest BCUT2D eigenvalue weighted by Crippen LogP contribution is 2.30. The van der Waals surface area contributed by atoms with E-state index in [0.29, 0.717) is 0 Å². The van der Waals surface area contributed by atoms with Crippen LogP contribution >= 0.6 is 24.0 Å². The van der Waals surface area contributed by atoms with Crippen molar-refractivity contribution in [3.05, 3.63) is 18.5 Å². The number of rotatable bonds is 4. The Morgan fingerprint density at radius 2 is 2.15 bits per heavy atom. The molecule has 144 valence electrons. The monoisotopic (exact) mass is 475 g/mol. The quantitative estimate of drug-likeness (QED) is 0.253. The Hall–Kier alpha value is -1.85. The third-order valence-electron chi connectivity index (χ3n) is 5.08. The minimum absolute atomic E-state index is 0. The zero-order valence-electron chi connectivity index (χ0n) is 15.1. The van der Waals surface area contributed by atoms with Gasteiger partial charge in [-0.05, 0) is 31.7 Å². The number of nitrogens with zero attached hydrogens (tertiary/aromatic N) is 4. The predicted octanol–water partition coefficient (Wildman–Crippen LogP) is 0.387. The summed E-state index contributed by atoms with van der Waals surface area (Å²) in [5.74, 6) is 0.755. The molecule has 1 unspecified atom stereocenters. The molecule has 2 aliphatic heterocycles. The predicted molar refractivity (Wildman–Crippen MR) is 108 cm³/mol. The fraction of sp³-hybridized carbons (Fsp3) is 0.625. The van der Waals surface area contributed by atoms with Crippen LogP contribution in [0, 0.1) is 5.92 Å². The molecule has 1 aromatic rings. The molecule has 3 N–H and O–H groups in total. The number of carbonyl (C=O) groups is 2. The van der Waals surface area contributed by atoms with Crippen molar-refractivity contribution in [1.82, 2.24) is 30.6 Å². The lowest BCUT2D eigenvalue weighted by molar-refractivity contribution is -0.125. The van der Waals surface area contributed by atoms with Crippen molar-refractivity contribution in [3.63, 3.8) is 0 Å². The lowest BCUT2D eigenvalue weighted by Crippen LogP contribution is -2.55. The van der Waals surface area contributed by atoms with E-state index >= 15 is 0 Å². The molecule has 3 rings (SSSR count). The molecule has 3 amide bonds. The van der Waals surface area contributed by atoms with Crippen molar-refractivity contribution in [1.29, 1.82) is 0 Å². The Bertz CT molecular complexity index is 656. The molecule has 0 saturated carbocycles. The van der Waals surface area contributed by atoms with Crippen LogP contribution in [0.3, 0.4) is 0 Å². The van der Waals surface area contributed by atoms with Crippen molar-refractivity contribution in [2.45, 2.75) is 31.8 Å². The molecule has 0 bridgehead atoms. The number of hydrogen-bond donors (Lipinski definition) is 3. The Labute approximate surface area is 170 Å². The first-order chi connectivity index (χ1) is 12.0. The normalized spacial score (nSPS) is 24.1. The lowest BCUT2D eigenvalue weighted by atomic mass is 9.79. The van der Waals surface area contributed by atoms with E-state index in [0.717, 1.165) is 45.0 Å². The largest absolute Gasteiger partial charge is 0.354 e. The van der Waals surface area contributed by atoms with Crippen molar-refractivity contribution >= 4 is 41.9 Å². The number of amides is 3. The average Bonchev–Trinajstić information content (AvgIpc) is 3.20. The summed E-state index contributed by atoms with van der Waals surface area (Å²) in [6, 6.07) is 1.50. The van der Waals surface area contributed by atoms with Crippen molar-refractivity contribution in [2.75, 3.05) is 26.7 Å². The minimum atomic E-state index is -0.805. The number of urea groups is 1. The number of carbonyl (C=O) groups excluding carboxylic acids is 2. The van der Waals surface area contributed by atoms with Crippen LogP contribution in [0.5, 0.6) is 0 Å². The summed E-state index contributed by atoms with van der Waals surface area (Å²) in [5, 5.41) is 12.7. The van der Waals surface area contributed by atoms with Crippen LogP contribution < -0.4 is 16.0 Å². The van der Waals surface area contributed by atoms with Crippen molar-refractivity contribution in [2.24, 2.45) is 10.9 Å². The molecule has 0 spiro atoms. The Morgan fingerprint density at radius 3 is 2.69 bits per heavy atom. The van der Waals surface area contributed by atoms with Gasteiger partial charge in [-0.15, -0.1) is 24.0 Å². The molecule has 9 nitrogen and oxygen atoms in total. The maximum Gasteiger partial charge on any atom is 0.322 e. The second-order valence-electron chi connectivity index (χ2n) is 6.62. The van der Waals surface area contributed by atoms with Gasteiger partial charge in [0.2, 0.25) is 0 Å². The van der Waals surface area contributed by atoms with Gasteiger partial charge in [-0.1, -0.05) is 0 Å². The van der Waals surface area contributed by atoms with Gasteiger partial charge < -0.3 is 15.5 Å². The summed E-state index contributed by atoms with van der Waals surface area (Å²) in [6.07, 6.45) is 5.34. The van der Waals surface area contributed by atoms with Crippen LogP contribution in [-0.2, 0) is 11.3 Å². The summed E-state index contributed by atoms with van der Waals surface area (Å²) in [4.78, 5) is 30.1. The summed E-state index contributed by atoms with van der Waals surface area (Å²) < 4.78 is 1.87. The summed E-state index contributed by atoms with van der Waals surface area (Å²) in [7, 11) is 1.77. The molecule has 2 aliphatic rings. The molecule has 10 heteroatoms. The van der Waals surface area contributed by atoms with Crippen LogP contribution in [0.2, 0.25) is 0 Å². The third kappa shape index (κ3) is 4.27. The van der Waals surface area contributed by atoms with E-state index in [1.54, 1.807) is 13.2 Å². The number of aromatic nitrogens is 2. The Morgan fingerprint density at radius 1 is 1.42 bits per heavy atom. The molecule has 0 aliphatic carbocycles. The van der Waals surface area contributed by atoms with Gasteiger partial charge in [0.05, 0.1) is 6.54 Å².